The zero-order valence-electron chi connectivity index (χ0n) is 23.0. The van der Waals surface area contributed by atoms with E-state index in [1.54, 1.807) is 32.2 Å². The Morgan fingerprint density at radius 3 is 2.54 bits per heavy atom. The highest BCUT2D eigenvalue weighted by atomic mass is 16.5. The third kappa shape index (κ3) is 4.31. The second-order valence-electron chi connectivity index (χ2n) is 11.3. The van der Waals surface area contributed by atoms with Crippen molar-refractivity contribution < 1.29 is 34.4 Å². The number of benzene rings is 2. The number of nitroso groups, excluding NO2 is 1. The van der Waals surface area contributed by atoms with Gasteiger partial charge in [0.05, 0.1) is 12.7 Å². The van der Waals surface area contributed by atoms with Crippen molar-refractivity contribution in [1.29, 1.82) is 0 Å². The van der Waals surface area contributed by atoms with E-state index in [1.807, 2.05) is 24.3 Å². The lowest BCUT2D eigenvalue weighted by Gasteiger charge is -2.53. The Hall–Kier alpha value is -4.09. The summed E-state index contributed by atoms with van der Waals surface area (Å²) >= 11 is 0. The summed E-state index contributed by atoms with van der Waals surface area (Å²) in [4.78, 5) is 53.3. The number of methoxy groups -OCH3 is 1. The number of ether oxygens (including phenoxy) is 1. The Balaban J connectivity index is 1.59. The minimum absolute atomic E-state index is 0.0537. The van der Waals surface area contributed by atoms with Crippen molar-refractivity contribution in [2.24, 2.45) is 28.7 Å². The molecule has 0 aliphatic heterocycles. The Bertz CT molecular complexity index is 1480. The van der Waals surface area contributed by atoms with E-state index in [2.05, 4.69) is 5.18 Å². The summed E-state index contributed by atoms with van der Waals surface area (Å²) < 4.78 is 5.31. The van der Waals surface area contributed by atoms with Crippen LogP contribution >= 0.6 is 0 Å². The van der Waals surface area contributed by atoms with Crippen LogP contribution in [0.25, 0.3) is 5.76 Å². The molecule has 0 bridgehead atoms. The summed E-state index contributed by atoms with van der Waals surface area (Å²) in [6, 6.07) is 8.54. The van der Waals surface area contributed by atoms with Crippen molar-refractivity contribution in [2.75, 3.05) is 21.2 Å². The second-order valence-corrected chi connectivity index (χ2v) is 11.3. The molecule has 2 aromatic carbocycles. The molecular formula is C30H33N3O8. The molecule has 3 aliphatic rings. The van der Waals surface area contributed by atoms with Crippen LogP contribution in [0.15, 0.2) is 47.1 Å². The average molecular weight is 564 g/mol. The van der Waals surface area contributed by atoms with Gasteiger partial charge in [-0.15, -0.1) is 0 Å². The Morgan fingerprint density at radius 2 is 1.90 bits per heavy atom. The van der Waals surface area contributed by atoms with Crippen LogP contribution in [0.3, 0.4) is 0 Å². The number of hydrogen-bond acceptors (Lipinski definition) is 10. The fourth-order valence-corrected chi connectivity index (χ4v) is 7.13. The molecule has 3 aliphatic carbocycles. The number of aryl methyl sites for hydroxylation is 2. The molecule has 2 fully saturated rings. The molecule has 0 heterocycles. The molecule has 0 spiro atoms. The van der Waals surface area contributed by atoms with Gasteiger partial charge in [0.15, 0.2) is 11.4 Å². The number of phenolic OH excluding ortho intramolecular Hbond substituents is 1. The molecule has 0 aromatic heterocycles. The van der Waals surface area contributed by atoms with Crippen LogP contribution in [0.4, 0.5) is 0 Å². The first kappa shape index (κ1) is 28.4. The summed E-state index contributed by atoms with van der Waals surface area (Å²) in [5.74, 6) is -6.93. The van der Waals surface area contributed by atoms with Crippen molar-refractivity contribution in [3.63, 3.8) is 0 Å². The topological polar surface area (TPSA) is 180 Å². The SMILES string of the molecule is COc1cccc(CCc2ccc(O)c3c2CC2CC4[C@H](N(C)C)C(N=O)C(C(N)=O)C(=O)[C@@]4(O)C(=O)C2=C3O)c1. The van der Waals surface area contributed by atoms with Gasteiger partial charge in [-0.05, 0) is 80.6 Å². The van der Waals surface area contributed by atoms with Crippen LogP contribution in [0.1, 0.15) is 28.7 Å². The number of aliphatic hydroxyl groups is 2. The van der Waals surface area contributed by atoms with Gasteiger partial charge in [-0.25, -0.2) is 0 Å². The van der Waals surface area contributed by atoms with Crippen molar-refractivity contribution in [1.82, 2.24) is 4.90 Å². The zero-order valence-corrected chi connectivity index (χ0v) is 23.0. The number of Topliss-reactive ketones (excluding diaryl/α,β-unsaturated/α-hetero) is 2. The molecule has 2 saturated carbocycles. The van der Waals surface area contributed by atoms with E-state index < -0.39 is 58.7 Å². The molecular weight excluding hydrogens is 530 g/mol. The normalized spacial score (nSPS) is 29.0. The van der Waals surface area contributed by atoms with Crippen LogP contribution in [-0.4, -0.2) is 76.6 Å². The predicted octanol–water partition coefficient (Wildman–Crippen LogP) is 1.70. The Morgan fingerprint density at radius 1 is 1.17 bits per heavy atom. The molecule has 5 rings (SSSR count). The Kier molecular flexibility index (Phi) is 7.20. The molecule has 216 valence electrons. The number of phenols is 1. The zero-order chi connectivity index (χ0) is 29.8. The minimum Gasteiger partial charge on any atom is -0.507 e. The lowest BCUT2D eigenvalue weighted by Crippen LogP contribution is -2.73. The largest absolute Gasteiger partial charge is 0.507 e. The highest BCUT2D eigenvalue weighted by molar-refractivity contribution is 6.25. The number of carbonyl (C=O) groups is 3. The molecule has 41 heavy (non-hydrogen) atoms. The molecule has 11 nitrogen and oxygen atoms in total. The van der Waals surface area contributed by atoms with Crippen molar-refractivity contribution in [3.8, 4) is 11.5 Å². The smallest absolute Gasteiger partial charge is 0.230 e. The van der Waals surface area contributed by atoms with Gasteiger partial charge >= 0.3 is 0 Å². The summed E-state index contributed by atoms with van der Waals surface area (Å²) in [6.45, 7) is 0. The molecule has 11 heteroatoms. The monoisotopic (exact) mass is 563 g/mol. The highest BCUT2D eigenvalue weighted by Gasteiger charge is 2.68. The number of nitrogens with zero attached hydrogens (tertiary/aromatic N) is 2. The number of aromatic hydroxyl groups is 1. The summed E-state index contributed by atoms with van der Waals surface area (Å²) in [7, 11) is 4.81. The molecule has 0 radical (unpaired) electrons. The number of fused-ring (bicyclic) bond motifs is 3. The summed E-state index contributed by atoms with van der Waals surface area (Å²) in [5, 5.41) is 37.0. The van der Waals surface area contributed by atoms with Crippen molar-refractivity contribution in [2.45, 2.75) is 43.4 Å². The highest BCUT2D eigenvalue weighted by Crippen LogP contribution is 2.53. The Labute approximate surface area is 236 Å². The molecule has 4 unspecified atom stereocenters. The maximum absolute atomic E-state index is 14.0. The summed E-state index contributed by atoms with van der Waals surface area (Å²) in [6.07, 6.45) is 1.53. The molecule has 2 aromatic rings. The van der Waals surface area contributed by atoms with Crippen LogP contribution < -0.4 is 10.5 Å². The number of rotatable bonds is 7. The van der Waals surface area contributed by atoms with Crippen molar-refractivity contribution >= 4 is 23.2 Å². The number of carbonyl (C=O) groups excluding carboxylic acids is 3. The summed E-state index contributed by atoms with van der Waals surface area (Å²) in [5.41, 5.74) is 5.23. The lowest BCUT2D eigenvalue weighted by molar-refractivity contribution is -0.174. The fourth-order valence-electron chi connectivity index (χ4n) is 7.13. The third-order valence-electron chi connectivity index (χ3n) is 9.01. The first-order valence-electron chi connectivity index (χ1n) is 13.4. The van der Waals surface area contributed by atoms with E-state index >= 15 is 0 Å². The van der Waals surface area contributed by atoms with Gasteiger partial charge < -0.3 is 30.7 Å². The van der Waals surface area contributed by atoms with Gasteiger partial charge in [0.25, 0.3) is 0 Å². The van der Waals surface area contributed by atoms with Gasteiger partial charge in [-0.1, -0.05) is 23.4 Å². The second kappa shape index (κ2) is 10.4. The van der Waals surface area contributed by atoms with E-state index in [9.17, 15) is 34.6 Å². The maximum atomic E-state index is 14.0. The van der Waals surface area contributed by atoms with Gasteiger partial charge in [-0.3, -0.25) is 14.4 Å². The minimum atomic E-state index is -2.70. The van der Waals surface area contributed by atoms with Crippen LogP contribution in [0, 0.1) is 22.7 Å². The number of ketones is 2. The van der Waals surface area contributed by atoms with Crippen LogP contribution in [-0.2, 0) is 33.6 Å². The maximum Gasteiger partial charge on any atom is 0.230 e. The quantitative estimate of drug-likeness (QED) is 0.288. The first-order valence-corrected chi connectivity index (χ1v) is 13.4. The van der Waals surface area contributed by atoms with Crippen LogP contribution in [0.2, 0.25) is 0 Å². The van der Waals surface area contributed by atoms with Gasteiger partial charge in [0, 0.05) is 17.5 Å². The lowest BCUT2D eigenvalue weighted by atomic mass is 9.54. The van der Waals surface area contributed by atoms with E-state index in [-0.39, 0.29) is 29.7 Å². The van der Waals surface area contributed by atoms with Crippen molar-refractivity contribution in [3.05, 3.63) is 69.1 Å². The standard InChI is InChI=1S/C30H33N3O8/c1-33(2)25-19-13-16-12-18-15(8-7-14-5-4-6-17(11-14)41-3)9-10-20(34)22(18)26(35)21(16)27(36)30(19,39)28(37)23(29(31)38)24(25)32-40/h4-6,9-11,16,19,23-25,34-35,39H,7-8,12-13H2,1-3H3,(H2,31,38)/t16?,19?,23?,24?,25-,30-/m0/s1. The third-order valence-corrected chi connectivity index (χ3v) is 9.01. The number of nitrogens with two attached hydrogens (primary N) is 1. The van der Waals surface area contributed by atoms with Gasteiger partial charge in [-0.2, -0.15) is 4.91 Å². The van der Waals surface area contributed by atoms with Crippen LogP contribution in [0.5, 0.6) is 11.5 Å². The molecule has 1 amide bonds. The molecule has 5 N–H and O–H groups in total. The van der Waals surface area contributed by atoms with Gasteiger partial charge in [0.1, 0.15) is 29.2 Å². The number of hydrogen-bond donors (Lipinski definition) is 4. The number of amides is 1. The molecule has 6 atom stereocenters. The average Bonchev–Trinajstić information content (AvgIpc) is 2.93. The van der Waals surface area contributed by atoms with E-state index in [1.165, 1.54) is 6.07 Å². The van der Waals surface area contributed by atoms with E-state index in [4.69, 9.17) is 10.5 Å². The predicted molar refractivity (Wildman–Crippen MR) is 148 cm³/mol. The first-order chi connectivity index (χ1) is 19.4. The van der Waals surface area contributed by atoms with E-state index in [0.717, 1.165) is 16.9 Å². The van der Waals surface area contributed by atoms with Gasteiger partial charge in [0.2, 0.25) is 11.7 Å². The fraction of sp³-hybridized carbons (Fsp3) is 0.433. The molecule has 0 saturated heterocycles. The number of aliphatic hydroxyl groups excluding tert-OH is 1. The number of likely N-dealkylation sites (N-methyl/N-ethyl adjacent to an activating group) is 1. The van der Waals surface area contributed by atoms with E-state index in [0.29, 0.717) is 18.4 Å². The number of primary amides is 1.